The molecule has 4 nitrogen and oxygen atoms in total. The molecule has 0 aromatic heterocycles. The largest absolute Gasteiger partial charge is 0.368 e. The lowest BCUT2D eigenvalue weighted by Crippen LogP contribution is -2.51. The molecule has 2 fully saturated rings. The van der Waals surface area contributed by atoms with Gasteiger partial charge in [-0.1, -0.05) is 19.1 Å². The van der Waals surface area contributed by atoms with Crippen molar-refractivity contribution < 1.29 is 4.79 Å². The maximum absolute atomic E-state index is 12.5. The second-order valence-corrected chi connectivity index (χ2v) is 7.17. The summed E-state index contributed by atoms with van der Waals surface area (Å²) in [5.74, 6) is 1.13. The van der Waals surface area contributed by atoms with Crippen molar-refractivity contribution in [1.29, 1.82) is 0 Å². The number of benzene rings is 1. The van der Waals surface area contributed by atoms with Gasteiger partial charge in [-0.2, -0.15) is 0 Å². The number of carbonyl (C=O) groups is 1. The van der Waals surface area contributed by atoms with Crippen LogP contribution in [-0.2, 0) is 4.79 Å². The van der Waals surface area contributed by atoms with Crippen molar-refractivity contribution in [2.45, 2.75) is 26.7 Å². The highest BCUT2D eigenvalue weighted by atomic mass is 16.2. The van der Waals surface area contributed by atoms with Gasteiger partial charge in [0.05, 0.1) is 6.54 Å². The fourth-order valence-electron chi connectivity index (χ4n) is 3.55. The predicted octanol–water partition coefficient (Wildman–Crippen LogP) is 2.38. The summed E-state index contributed by atoms with van der Waals surface area (Å²) in [6, 6.07) is 8.63. The number of likely N-dealkylation sites (tertiary alicyclic amines) is 1. The summed E-state index contributed by atoms with van der Waals surface area (Å²) in [4.78, 5) is 19.3. The van der Waals surface area contributed by atoms with Gasteiger partial charge in [0.2, 0.25) is 5.91 Å². The van der Waals surface area contributed by atoms with E-state index in [1.54, 1.807) is 0 Å². The number of nitrogens with zero attached hydrogens (tertiary/aromatic N) is 3. The fraction of sp³-hybridized carbons (Fsp3) is 0.632. The Labute approximate surface area is 140 Å². The first-order valence-electron chi connectivity index (χ1n) is 8.93. The molecule has 2 saturated heterocycles. The van der Waals surface area contributed by atoms with Crippen molar-refractivity contribution in [2.75, 3.05) is 50.7 Å². The van der Waals surface area contributed by atoms with Crippen molar-refractivity contribution in [1.82, 2.24) is 9.80 Å². The van der Waals surface area contributed by atoms with Crippen LogP contribution in [0.4, 0.5) is 5.69 Å². The molecule has 23 heavy (non-hydrogen) atoms. The maximum atomic E-state index is 12.5. The number of carbonyl (C=O) groups excluding carboxylic acids is 1. The number of hydrogen-bond acceptors (Lipinski definition) is 3. The minimum atomic E-state index is 0.309. The normalized spacial score (nSPS) is 20.8. The van der Waals surface area contributed by atoms with Gasteiger partial charge in [0, 0.05) is 31.9 Å². The van der Waals surface area contributed by atoms with Crippen LogP contribution in [0, 0.1) is 12.8 Å². The van der Waals surface area contributed by atoms with E-state index in [-0.39, 0.29) is 0 Å². The first kappa shape index (κ1) is 16.3. The molecule has 0 saturated carbocycles. The molecule has 0 N–H and O–H groups in total. The molecule has 0 aliphatic carbocycles. The van der Waals surface area contributed by atoms with Gasteiger partial charge in [0.25, 0.3) is 0 Å². The highest BCUT2D eigenvalue weighted by Gasteiger charge is 2.24. The average Bonchev–Trinajstić information content (AvgIpc) is 2.57. The molecule has 1 aromatic rings. The number of hydrogen-bond donors (Lipinski definition) is 0. The number of amides is 1. The molecule has 1 amide bonds. The minimum absolute atomic E-state index is 0.309. The van der Waals surface area contributed by atoms with Gasteiger partial charge in [0.1, 0.15) is 0 Å². The summed E-state index contributed by atoms with van der Waals surface area (Å²) in [6.07, 6.45) is 2.46. The summed E-state index contributed by atoms with van der Waals surface area (Å²) in [5, 5.41) is 0. The summed E-state index contributed by atoms with van der Waals surface area (Å²) >= 11 is 0. The third kappa shape index (κ3) is 4.25. The molecule has 0 unspecified atom stereocenters. The van der Waals surface area contributed by atoms with Crippen LogP contribution in [0.2, 0.25) is 0 Å². The first-order valence-corrected chi connectivity index (χ1v) is 8.93. The quantitative estimate of drug-likeness (QED) is 0.857. The van der Waals surface area contributed by atoms with Gasteiger partial charge in [-0.3, -0.25) is 9.69 Å². The number of piperazine rings is 1. The average molecular weight is 315 g/mol. The predicted molar refractivity (Wildman–Crippen MR) is 94.8 cm³/mol. The molecule has 4 heteroatoms. The Morgan fingerprint density at radius 1 is 1.09 bits per heavy atom. The molecule has 0 bridgehead atoms. The molecule has 0 spiro atoms. The summed E-state index contributed by atoms with van der Waals surface area (Å²) in [5.41, 5.74) is 2.57. The lowest BCUT2D eigenvalue weighted by molar-refractivity contribution is -0.133. The fourth-order valence-corrected chi connectivity index (χ4v) is 3.55. The van der Waals surface area contributed by atoms with Gasteiger partial charge in [-0.15, -0.1) is 0 Å². The molecule has 126 valence electrons. The van der Waals surface area contributed by atoms with E-state index >= 15 is 0 Å². The molecular weight excluding hydrogens is 286 g/mol. The Balaban J connectivity index is 1.47. The first-order chi connectivity index (χ1) is 11.1. The molecule has 2 heterocycles. The Morgan fingerprint density at radius 2 is 1.78 bits per heavy atom. The van der Waals surface area contributed by atoms with Crippen LogP contribution in [-0.4, -0.2) is 61.5 Å². The monoisotopic (exact) mass is 315 g/mol. The van der Waals surface area contributed by atoms with E-state index in [2.05, 4.69) is 47.9 Å². The van der Waals surface area contributed by atoms with Crippen LogP contribution in [0.15, 0.2) is 24.3 Å². The standard InChI is InChI=1S/C19H29N3O/c1-16-6-8-20(9-7-16)15-19(23)22-12-10-21(11-13-22)18-5-3-4-17(2)14-18/h3-5,14,16H,6-13,15H2,1-2H3. The third-order valence-electron chi connectivity index (χ3n) is 5.23. The number of aryl methyl sites for hydroxylation is 1. The summed E-state index contributed by atoms with van der Waals surface area (Å²) in [6.45, 7) is 10.8. The summed E-state index contributed by atoms with van der Waals surface area (Å²) < 4.78 is 0. The van der Waals surface area contributed by atoms with E-state index in [1.165, 1.54) is 24.1 Å². The lowest BCUT2D eigenvalue weighted by Gasteiger charge is -2.38. The molecule has 0 atom stereocenters. The van der Waals surface area contributed by atoms with Crippen LogP contribution in [0.25, 0.3) is 0 Å². The Bertz CT molecular complexity index is 529. The van der Waals surface area contributed by atoms with E-state index in [4.69, 9.17) is 0 Å². The Hall–Kier alpha value is -1.55. The van der Waals surface area contributed by atoms with Crippen molar-refractivity contribution in [2.24, 2.45) is 5.92 Å². The van der Waals surface area contributed by atoms with Gasteiger partial charge >= 0.3 is 0 Å². The highest BCUT2D eigenvalue weighted by Crippen LogP contribution is 2.19. The maximum Gasteiger partial charge on any atom is 0.236 e. The lowest BCUT2D eigenvalue weighted by atomic mass is 9.99. The molecule has 1 aromatic carbocycles. The zero-order valence-corrected chi connectivity index (χ0v) is 14.5. The van der Waals surface area contributed by atoms with Gasteiger partial charge in [0.15, 0.2) is 0 Å². The second kappa shape index (κ2) is 7.35. The minimum Gasteiger partial charge on any atom is -0.368 e. The van der Waals surface area contributed by atoms with Gasteiger partial charge in [-0.05, 0) is 56.5 Å². The van der Waals surface area contributed by atoms with Crippen LogP contribution in [0.3, 0.4) is 0 Å². The molecule has 0 radical (unpaired) electrons. The number of piperidine rings is 1. The van der Waals surface area contributed by atoms with Crippen molar-refractivity contribution in [3.05, 3.63) is 29.8 Å². The molecule has 2 aliphatic heterocycles. The number of anilines is 1. The second-order valence-electron chi connectivity index (χ2n) is 7.17. The zero-order valence-electron chi connectivity index (χ0n) is 14.5. The van der Waals surface area contributed by atoms with E-state index < -0.39 is 0 Å². The number of rotatable bonds is 3. The van der Waals surface area contributed by atoms with Crippen molar-refractivity contribution in [3.8, 4) is 0 Å². The zero-order chi connectivity index (χ0) is 16.2. The van der Waals surface area contributed by atoms with Gasteiger partial charge in [-0.25, -0.2) is 0 Å². The van der Waals surface area contributed by atoms with Crippen LogP contribution < -0.4 is 4.90 Å². The van der Waals surface area contributed by atoms with Crippen LogP contribution in [0.1, 0.15) is 25.3 Å². The molecule has 2 aliphatic rings. The molecule has 3 rings (SSSR count). The van der Waals surface area contributed by atoms with E-state index in [0.717, 1.165) is 45.2 Å². The SMILES string of the molecule is Cc1cccc(N2CCN(C(=O)CN3CCC(C)CC3)CC2)c1. The molecular formula is C19H29N3O. The van der Waals surface area contributed by atoms with E-state index in [9.17, 15) is 4.79 Å². The smallest absolute Gasteiger partial charge is 0.236 e. The van der Waals surface area contributed by atoms with Crippen LogP contribution in [0.5, 0.6) is 0 Å². The van der Waals surface area contributed by atoms with E-state index in [0.29, 0.717) is 12.5 Å². The highest BCUT2D eigenvalue weighted by molar-refractivity contribution is 5.78. The van der Waals surface area contributed by atoms with Crippen molar-refractivity contribution in [3.63, 3.8) is 0 Å². The van der Waals surface area contributed by atoms with Crippen LogP contribution >= 0.6 is 0 Å². The van der Waals surface area contributed by atoms with Gasteiger partial charge < -0.3 is 9.80 Å². The Kier molecular flexibility index (Phi) is 5.21. The Morgan fingerprint density at radius 3 is 2.43 bits per heavy atom. The third-order valence-corrected chi connectivity index (χ3v) is 5.23. The summed E-state index contributed by atoms with van der Waals surface area (Å²) in [7, 11) is 0. The topological polar surface area (TPSA) is 26.8 Å². The van der Waals surface area contributed by atoms with E-state index in [1.807, 2.05) is 4.90 Å². The van der Waals surface area contributed by atoms with Crippen molar-refractivity contribution >= 4 is 11.6 Å².